The molecule has 1 N–H and O–H groups in total. The summed E-state index contributed by atoms with van der Waals surface area (Å²) in [4.78, 5) is 0.364. The molecule has 0 aliphatic carbocycles. The van der Waals surface area contributed by atoms with Gasteiger partial charge in [-0.15, -0.1) is 0 Å². The summed E-state index contributed by atoms with van der Waals surface area (Å²) in [5.41, 5.74) is 2.17. The molecule has 0 spiro atoms. The van der Waals surface area contributed by atoms with Crippen molar-refractivity contribution in [2.45, 2.75) is 29.7 Å². The van der Waals surface area contributed by atoms with Gasteiger partial charge in [-0.3, -0.25) is 4.72 Å². The van der Waals surface area contributed by atoms with Crippen LogP contribution in [0.3, 0.4) is 0 Å². The topological polar surface area (TPSA) is 92.8 Å². The Morgan fingerprint density at radius 2 is 1.59 bits per heavy atom. The molecule has 1 aliphatic heterocycles. The largest absolute Gasteiger partial charge is 0.494 e. The molecule has 0 radical (unpaired) electrons. The van der Waals surface area contributed by atoms with Crippen molar-refractivity contribution in [1.82, 2.24) is 4.31 Å². The van der Waals surface area contributed by atoms with Crippen LogP contribution in [-0.2, 0) is 33.0 Å². The highest BCUT2D eigenvalue weighted by Crippen LogP contribution is 2.28. The van der Waals surface area contributed by atoms with Crippen molar-refractivity contribution in [1.29, 1.82) is 0 Å². The standard InChI is InChI=1S/C23H24N2O5S2/c1-2-30-21-10-12-22(13-11-21)31(26,27)24-20-9-8-18-14-15-25(17-19(18)16-20)32(28,29)23-6-4-3-5-7-23/h3-13,16,24H,2,14-15,17H2,1H3. The van der Waals surface area contributed by atoms with E-state index in [1.165, 1.54) is 16.4 Å². The first-order chi connectivity index (χ1) is 15.3. The lowest BCUT2D eigenvalue weighted by atomic mass is 10.0. The van der Waals surface area contributed by atoms with Crippen LogP contribution in [0.5, 0.6) is 5.75 Å². The minimum Gasteiger partial charge on any atom is -0.494 e. The second-order valence-electron chi connectivity index (χ2n) is 7.40. The van der Waals surface area contributed by atoms with Crippen LogP contribution in [0.2, 0.25) is 0 Å². The molecule has 4 rings (SSSR count). The molecular formula is C23H24N2O5S2. The van der Waals surface area contributed by atoms with Crippen LogP contribution in [0.15, 0.2) is 82.6 Å². The van der Waals surface area contributed by atoms with Crippen LogP contribution in [-0.4, -0.2) is 34.3 Å². The number of rotatable bonds is 7. The number of anilines is 1. The van der Waals surface area contributed by atoms with Gasteiger partial charge >= 0.3 is 0 Å². The molecule has 0 saturated carbocycles. The van der Waals surface area contributed by atoms with E-state index < -0.39 is 20.0 Å². The quantitative estimate of drug-likeness (QED) is 0.567. The molecular weight excluding hydrogens is 448 g/mol. The average molecular weight is 473 g/mol. The predicted octanol–water partition coefficient (Wildman–Crippen LogP) is 3.63. The molecule has 9 heteroatoms. The summed E-state index contributed by atoms with van der Waals surface area (Å²) in [6.45, 7) is 2.91. The lowest BCUT2D eigenvalue weighted by Gasteiger charge is -2.28. The molecule has 0 fully saturated rings. The van der Waals surface area contributed by atoms with Crippen LogP contribution in [0.25, 0.3) is 0 Å². The normalized spacial score (nSPS) is 14.5. The van der Waals surface area contributed by atoms with Gasteiger partial charge in [0.1, 0.15) is 5.75 Å². The summed E-state index contributed by atoms with van der Waals surface area (Å²) in [6.07, 6.45) is 0.563. The Bertz CT molecular complexity index is 1310. The van der Waals surface area contributed by atoms with Crippen molar-refractivity contribution >= 4 is 25.7 Å². The minimum atomic E-state index is -3.79. The van der Waals surface area contributed by atoms with Gasteiger partial charge in [0.2, 0.25) is 10.0 Å². The third kappa shape index (κ3) is 4.64. The van der Waals surface area contributed by atoms with Gasteiger partial charge in [0.15, 0.2) is 0 Å². The van der Waals surface area contributed by atoms with E-state index in [1.54, 1.807) is 54.6 Å². The van der Waals surface area contributed by atoms with E-state index in [0.29, 0.717) is 31.0 Å². The Morgan fingerprint density at radius 1 is 0.875 bits per heavy atom. The Labute approximate surface area is 188 Å². The molecule has 0 amide bonds. The fourth-order valence-corrected chi connectivity index (χ4v) is 6.13. The Kier molecular flexibility index (Phi) is 6.23. The molecule has 7 nitrogen and oxygen atoms in total. The van der Waals surface area contributed by atoms with E-state index in [0.717, 1.165) is 11.1 Å². The van der Waals surface area contributed by atoms with Gasteiger partial charge in [0, 0.05) is 18.8 Å². The third-order valence-electron chi connectivity index (χ3n) is 5.26. The molecule has 1 aliphatic rings. The van der Waals surface area contributed by atoms with Gasteiger partial charge in [-0.1, -0.05) is 24.3 Å². The zero-order valence-corrected chi connectivity index (χ0v) is 19.2. The van der Waals surface area contributed by atoms with Crippen LogP contribution in [0, 0.1) is 0 Å². The fourth-order valence-electron chi connectivity index (χ4n) is 3.64. The monoisotopic (exact) mass is 472 g/mol. The van der Waals surface area contributed by atoms with E-state index in [1.807, 2.05) is 13.0 Å². The number of hydrogen-bond acceptors (Lipinski definition) is 5. The van der Waals surface area contributed by atoms with E-state index in [4.69, 9.17) is 4.74 Å². The summed E-state index contributed by atoms with van der Waals surface area (Å²) in [6, 6.07) is 19.7. The highest BCUT2D eigenvalue weighted by Gasteiger charge is 2.28. The Hall–Kier alpha value is -2.88. The van der Waals surface area contributed by atoms with Gasteiger partial charge in [-0.2, -0.15) is 4.31 Å². The first kappa shape index (κ1) is 22.3. The molecule has 0 unspecified atom stereocenters. The number of nitrogens with zero attached hydrogens (tertiary/aromatic N) is 1. The lowest BCUT2D eigenvalue weighted by molar-refractivity contribution is 0.340. The first-order valence-corrected chi connectivity index (χ1v) is 13.1. The Morgan fingerprint density at radius 3 is 2.28 bits per heavy atom. The van der Waals surface area contributed by atoms with Crippen molar-refractivity contribution in [3.63, 3.8) is 0 Å². The maximum atomic E-state index is 13.0. The molecule has 0 aromatic heterocycles. The van der Waals surface area contributed by atoms with Gasteiger partial charge in [0.05, 0.1) is 16.4 Å². The van der Waals surface area contributed by atoms with Crippen molar-refractivity contribution < 1.29 is 21.6 Å². The minimum absolute atomic E-state index is 0.118. The van der Waals surface area contributed by atoms with Crippen molar-refractivity contribution in [3.05, 3.63) is 83.9 Å². The second-order valence-corrected chi connectivity index (χ2v) is 11.0. The third-order valence-corrected chi connectivity index (χ3v) is 8.52. The number of hydrogen-bond donors (Lipinski definition) is 1. The summed E-state index contributed by atoms with van der Waals surface area (Å²) >= 11 is 0. The van der Waals surface area contributed by atoms with E-state index in [-0.39, 0.29) is 16.3 Å². The number of nitrogens with one attached hydrogen (secondary N) is 1. The number of fused-ring (bicyclic) bond motifs is 1. The van der Waals surface area contributed by atoms with E-state index in [2.05, 4.69) is 4.72 Å². The van der Waals surface area contributed by atoms with Crippen LogP contribution in [0.1, 0.15) is 18.1 Å². The highest BCUT2D eigenvalue weighted by molar-refractivity contribution is 7.92. The molecule has 0 saturated heterocycles. The van der Waals surface area contributed by atoms with E-state index >= 15 is 0 Å². The molecule has 0 bridgehead atoms. The van der Waals surface area contributed by atoms with Crippen molar-refractivity contribution in [2.75, 3.05) is 17.9 Å². The number of sulfonamides is 2. The molecule has 32 heavy (non-hydrogen) atoms. The van der Waals surface area contributed by atoms with Gasteiger partial charge in [-0.05, 0) is 73.0 Å². The predicted molar refractivity (Wildman–Crippen MR) is 123 cm³/mol. The molecule has 168 valence electrons. The van der Waals surface area contributed by atoms with Gasteiger partial charge in [-0.25, -0.2) is 16.8 Å². The van der Waals surface area contributed by atoms with Crippen molar-refractivity contribution in [2.24, 2.45) is 0 Å². The maximum Gasteiger partial charge on any atom is 0.261 e. The summed E-state index contributed by atoms with van der Waals surface area (Å²) in [7, 11) is -7.42. The molecule has 3 aromatic rings. The van der Waals surface area contributed by atoms with Crippen LogP contribution in [0.4, 0.5) is 5.69 Å². The average Bonchev–Trinajstić information content (AvgIpc) is 2.79. The van der Waals surface area contributed by atoms with Gasteiger partial charge < -0.3 is 4.74 Å². The summed E-state index contributed by atoms with van der Waals surface area (Å²) < 4.78 is 60.9. The van der Waals surface area contributed by atoms with E-state index in [9.17, 15) is 16.8 Å². The first-order valence-electron chi connectivity index (χ1n) is 10.2. The number of benzene rings is 3. The lowest BCUT2D eigenvalue weighted by Crippen LogP contribution is -2.36. The van der Waals surface area contributed by atoms with Gasteiger partial charge in [0.25, 0.3) is 10.0 Å². The molecule has 0 atom stereocenters. The summed E-state index contributed by atoms with van der Waals surface area (Å²) in [5.74, 6) is 0.597. The SMILES string of the molecule is CCOc1ccc(S(=O)(=O)Nc2ccc3c(c2)CN(S(=O)(=O)c2ccccc2)CC3)cc1. The van der Waals surface area contributed by atoms with Crippen LogP contribution >= 0.6 is 0 Å². The second kappa shape index (κ2) is 8.93. The van der Waals surface area contributed by atoms with Crippen molar-refractivity contribution in [3.8, 4) is 5.75 Å². The number of ether oxygens (including phenoxy) is 1. The summed E-state index contributed by atoms with van der Waals surface area (Å²) in [5, 5.41) is 0. The maximum absolute atomic E-state index is 13.0. The highest BCUT2D eigenvalue weighted by atomic mass is 32.2. The zero-order chi connectivity index (χ0) is 22.8. The zero-order valence-electron chi connectivity index (χ0n) is 17.6. The fraction of sp³-hybridized carbons (Fsp3) is 0.217. The Balaban J connectivity index is 1.55. The molecule has 1 heterocycles. The molecule has 3 aromatic carbocycles. The smallest absolute Gasteiger partial charge is 0.261 e. The van der Waals surface area contributed by atoms with Crippen LogP contribution < -0.4 is 9.46 Å².